The van der Waals surface area contributed by atoms with Gasteiger partial charge in [-0.15, -0.1) is 10.1 Å². The quantitative estimate of drug-likeness (QED) is 0.272. The lowest BCUT2D eigenvalue weighted by Crippen LogP contribution is -2.18. The molecule has 0 aliphatic heterocycles. The van der Waals surface area contributed by atoms with Crippen molar-refractivity contribution in [1.29, 1.82) is 0 Å². The third kappa shape index (κ3) is 6.30. The topological polar surface area (TPSA) is 106 Å². The fourth-order valence-electron chi connectivity index (χ4n) is 0. The van der Waals surface area contributed by atoms with Crippen LogP contribution in [0, 0.1) is 15.0 Å². The van der Waals surface area contributed by atoms with Crippen LogP contribution in [0.5, 0.6) is 0 Å². The molecule has 0 heterocycles. The minimum atomic E-state index is -1.50. The largest absolute Gasteiger partial charge is 0.328 e. The maximum atomic E-state index is 8.36. The van der Waals surface area contributed by atoms with E-state index in [9.17, 15) is 0 Å². The van der Waals surface area contributed by atoms with Gasteiger partial charge in [0.1, 0.15) is 0 Å². The molecule has 0 aromatic carbocycles. The molecular weight excluding hydrogens is 92.0 g/mol. The summed E-state index contributed by atoms with van der Waals surface area (Å²) in [5.41, 5.74) is 3.25. The molecule has 0 radical (unpaired) electrons. The third-order valence-corrected chi connectivity index (χ3v) is 0. The first-order chi connectivity index (χ1) is 2.73. The van der Waals surface area contributed by atoms with Gasteiger partial charge < -0.3 is 5.21 Å². The van der Waals surface area contributed by atoms with Crippen LogP contribution in [0.2, 0.25) is 0 Å². The van der Waals surface area contributed by atoms with E-state index in [0.29, 0.717) is 0 Å². The molecule has 0 aromatic rings. The van der Waals surface area contributed by atoms with Gasteiger partial charge in [-0.25, -0.2) is 0 Å². The van der Waals surface area contributed by atoms with Crippen molar-refractivity contribution < 1.29 is 15.9 Å². The lowest BCUT2D eigenvalue weighted by atomic mass is 13.1. The third-order valence-electron chi connectivity index (χ3n) is 0. The predicted octanol–water partition coefficient (Wildman–Crippen LogP) is -1.84. The van der Waals surface area contributed by atoms with E-state index >= 15 is 0 Å². The summed E-state index contributed by atoms with van der Waals surface area (Å²) in [7, 11) is 0. The highest BCUT2D eigenvalue weighted by molar-refractivity contribution is 3.83. The lowest BCUT2D eigenvalue weighted by molar-refractivity contribution is -0.742. The van der Waals surface area contributed by atoms with Crippen molar-refractivity contribution in [3.63, 3.8) is 0 Å². The van der Waals surface area contributed by atoms with E-state index in [4.69, 9.17) is 20.2 Å². The van der Waals surface area contributed by atoms with E-state index in [0.717, 1.165) is 0 Å². The highest BCUT2D eigenvalue weighted by atomic mass is 16.9. The molecule has 0 atom stereocenters. The van der Waals surface area contributed by atoms with E-state index in [1.807, 2.05) is 0 Å². The van der Waals surface area contributed by atoms with Gasteiger partial charge in [-0.2, -0.15) is 0 Å². The monoisotopic (exact) mass is 95.0 g/mol. The Morgan fingerprint density at radius 1 is 1.67 bits per heavy atom. The van der Waals surface area contributed by atoms with Crippen molar-refractivity contribution in [1.82, 2.24) is 0 Å². The molecule has 0 aliphatic rings. The molecule has 0 unspecified atom stereocenters. The summed E-state index contributed by atoms with van der Waals surface area (Å²) in [4.78, 5) is 16.1. The highest BCUT2D eigenvalue weighted by Crippen LogP contribution is 1.38. The number of nitrogens with zero attached hydrogens (tertiary/aromatic N) is 1. The molecule has 6 heavy (non-hydrogen) atoms. The average Bonchev–Trinajstić information content (AvgIpc) is 1.41. The van der Waals surface area contributed by atoms with Crippen LogP contribution in [0.25, 0.3) is 0 Å². The number of nitrogens with two attached hydrogens (primary N) is 1. The summed E-state index contributed by atoms with van der Waals surface area (Å²) in [6.07, 6.45) is 0. The highest BCUT2D eigenvalue weighted by Gasteiger charge is 1.65. The number of hydrogen-bond acceptors (Lipinski definition) is 3. The van der Waals surface area contributed by atoms with E-state index in [1.165, 1.54) is 0 Å². The van der Waals surface area contributed by atoms with Crippen molar-refractivity contribution in [3.8, 4) is 0 Å². The van der Waals surface area contributed by atoms with Gasteiger partial charge in [0.15, 0.2) is 0 Å². The van der Waals surface area contributed by atoms with Gasteiger partial charge in [0, 0.05) is 4.91 Å². The van der Waals surface area contributed by atoms with Crippen LogP contribution in [-0.4, -0.2) is 10.3 Å². The summed E-state index contributed by atoms with van der Waals surface area (Å²) in [5.74, 6) is 0. The minimum Gasteiger partial charge on any atom is -0.328 e. The zero-order valence-corrected chi connectivity index (χ0v) is 2.70. The number of rotatable bonds is 0. The van der Waals surface area contributed by atoms with Crippen LogP contribution in [0.3, 0.4) is 0 Å². The summed E-state index contributed by atoms with van der Waals surface area (Å²) >= 11 is 0. The molecule has 36 valence electrons. The molecule has 6 heteroatoms. The molecule has 6 nitrogen and oxygen atoms in total. The first kappa shape index (κ1) is 8.84. The Kier molecular flexibility index (Phi) is 13.5. The van der Waals surface area contributed by atoms with Gasteiger partial charge >= 0.3 is 0 Å². The zero-order chi connectivity index (χ0) is 5.58. The van der Waals surface area contributed by atoms with Crippen LogP contribution in [0.15, 0.2) is 0 Å². The Morgan fingerprint density at radius 3 is 1.67 bits per heavy atom. The van der Waals surface area contributed by atoms with Crippen molar-refractivity contribution in [2.24, 2.45) is 0 Å². The van der Waals surface area contributed by atoms with Crippen LogP contribution < -0.4 is 5.59 Å². The second-order valence-corrected chi connectivity index (χ2v) is 0.238. The molecule has 0 saturated heterocycles. The van der Waals surface area contributed by atoms with Gasteiger partial charge in [-0.1, -0.05) is 0 Å². The summed E-state index contributed by atoms with van der Waals surface area (Å²) in [6, 6.07) is 0. The molecule has 0 saturated carbocycles. The smallest absolute Gasteiger partial charge is 0.291 e. The Morgan fingerprint density at radius 2 is 1.67 bits per heavy atom. The molecule has 0 bridgehead atoms. The Hall–Kier alpha value is -1.20. The van der Waals surface area contributed by atoms with E-state index in [1.54, 1.807) is 0 Å². The van der Waals surface area contributed by atoms with Crippen molar-refractivity contribution in [2.75, 3.05) is 0 Å². The van der Waals surface area contributed by atoms with Gasteiger partial charge in [0.25, 0.3) is 5.09 Å². The maximum absolute atomic E-state index is 8.36. The van der Waals surface area contributed by atoms with E-state index < -0.39 is 5.09 Å². The van der Waals surface area contributed by atoms with Gasteiger partial charge in [-0.05, 0) is 5.59 Å². The van der Waals surface area contributed by atoms with Crippen molar-refractivity contribution >= 4 is 0 Å². The van der Waals surface area contributed by atoms with Crippen LogP contribution in [-0.2, 0) is 0 Å². The molecular formula is H3N2O4+. The summed E-state index contributed by atoms with van der Waals surface area (Å²) in [5, 5.41) is 13.6. The minimum absolute atomic E-state index is 1.50. The molecule has 0 fully saturated rings. The Balaban J connectivity index is 0. The van der Waals surface area contributed by atoms with Crippen molar-refractivity contribution in [2.45, 2.75) is 0 Å². The van der Waals surface area contributed by atoms with Crippen LogP contribution >= 0.6 is 0 Å². The fraction of sp³-hybridized carbons (Fsp3) is 0. The van der Waals surface area contributed by atoms with Crippen molar-refractivity contribution in [3.05, 3.63) is 15.0 Å². The Bertz CT molecular complexity index is 36.8. The SMILES string of the molecule is O=[N+]([O-])O.[NH2+]=O. The molecule has 0 aromatic heterocycles. The molecule has 0 amide bonds. The van der Waals surface area contributed by atoms with Gasteiger partial charge in [-0.3, -0.25) is 0 Å². The fourth-order valence-corrected chi connectivity index (χ4v) is 0. The van der Waals surface area contributed by atoms with Crippen LogP contribution in [0.4, 0.5) is 0 Å². The van der Waals surface area contributed by atoms with Gasteiger partial charge in [0.2, 0.25) is 0 Å². The van der Waals surface area contributed by atoms with Crippen LogP contribution in [0.1, 0.15) is 0 Å². The molecule has 0 aliphatic carbocycles. The number of hydrogen-bond donors (Lipinski definition) is 2. The lowest BCUT2D eigenvalue weighted by Gasteiger charge is -1.56. The summed E-state index contributed by atoms with van der Waals surface area (Å²) in [6.45, 7) is 0. The second kappa shape index (κ2) is 9.20. The predicted molar refractivity (Wildman–Crippen MR) is 14.1 cm³/mol. The number of nitroso groups, excluding NO2 is 1. The standard InChI is InChI=1S/HNO3.H2NO/c2-1(3)4;1-2/h(H,2,3,4);1H2/q;+1. The first-order valence-electron chi connectivity index (χ1n) is 0.801. The molecule has 3 N–H and O–H groups in total. The first-order valence-corrected chi connectivity index (χ1v) is 0.801. The maximum Gasteiger partial charge on any atom is 0.291 e. The molecule has 0 spiro atoms. The van der Waals surface area contributed by atoms with Gasteiger partial charge in [0.05, 0.1) is 0 Å². The normalized spacial score (nSPS) is 4.67. The summed E-state index contributed by atoms with van der Waals surface area (Å²) < 4.78 is 0. The second-order valence-electron chi connectivity index (χ2n) is 0.238. The zero-order valence-electron chi connectivity index (χ0n) is 2.70. The Labute approximate surface area is 32.3 Å². The average molecular weight is 95.0 g/mol. The molecule has 0 rings (SSSR count). The van der Waals surface area contributed by atoms with E-state index in [-0.39, 0.29) is 0 Å². The van der Waals surface area contributed by atoms with E-state index in [2.05, 4.69) is 5.59 Å².